The van der Waals surface area contributed by atoms with Gasteiger partial charge in [0, 0.05) is 17.3 Å². The number of para-hydroxylation sites is 2. The van der Waals surface area contributed by atoms with E-state index in [1.54, 1.807) is 4.90 Å². The second-order valence-corrected chi connectivity index (χ2v) is 7.22. The number of likely N-dealkylation sites (tertiary alicyclic amines) is 1. The van der Waals surface area contributed by atoms with Gasteiger partial charge in [-0.05, 0) is 36.4 Å². The van der Waals surface area contributed by atoms with Crippen LogP contribution >= 0.6 is 15.9 Å². The number of benzene rings is 2. The number of hydrogen-bond acceptors (Lipinski definition) is 2. The summed E-state index contributed by atoms with van der Waals surface area (Å²) in [7, 11) is 0. The van der Waals surface area contributed by atoms with Crippen molar-refractivity contribution in [3.63, 3.8) is 0 Å². The minimum Gasteiger partial charge on any atom is -0.486 e. The van der Waals surface area contributed by atoms with Crippen LogP contribution in [0.2, 0.25) is 0 Å². The van der Waals surface area contributed by atoms with Crippen molar-refractivity contribution in [3.8, 4) is 5.75 Å². The fourth-order valence-corrected chi connectivity index (χ4v) is 3.61. The van der Waals surface area contributed by atoms with Crippen molar-refractivity contribution in [1.29, 1.82) is 0 Å². The second-order valence-electron chi connectivity index (χ2n) is 6.30. The van der Waals surface area contributed by atoms with Gasteiger partial charge in [-0.25, -0.2) is 4.98 Å². The van der Waals surface area contributed by atoms with E-state index < -0.39 is 0 Å². The Morgan fingerprint density at radius 2 is 1.79 bits per heavy atom. The summed E-state index contributed by atoms with van der Waals surface area (Å²) in [6, 6.07) is 16.3. The molecule has 1 N–H and O–H groups in total. The molecule has 1 aliphatic rings. The van der Waals surface area contributed by atoms with E-state index in [4.69, 9.17) is 9.72 Å². The van der Waals surface area contributed by atoms with Crippen LogP contribution < -0.4 is 9.64 Å². The Morgan fingerprint density at radius 3 is 2.58 bits per heavy atom. The molecule has 24 heavy (non-hydrogen) atoms. The fourth-order valence-electron chi connectivity index (χ4n) is 3.35. The van der Waals surface area contributed by atoms with E-state index in [-0.39, 0.29) is 0 Å². The highest BCUT2D eigenvalue weighted by Gasteiger charge is 2.19. The van der Waals surface area contributed by atoms with Crippen molar-refractivity contribution in [2.75, 3.05) is 13.1 Å². The van der Waals surface area contributed by atoms with Crippen LogP contribution in [0.5, 0.6) is 5.75 Å². The van der Waals surface area contributed by atoms with E-state index in [9.17, 15) is 0 Å². The van der Waals surface area contributed by atoms with Crippen molar-refractivity contribution in [1.82, 2.24) is 9.55 Å². The van der Waals surface area contributed by atoms with E-state index in [0.717, 1.165) is 28.2 Å². The van der Waals surface area contributed by atoms with Gasteiger partial charge in [-0.2, -0.15) is 0 Å². The highest BCUT2D eigenvalue weighted by Crippen LogP contribution is 2.19. The Hall–Kier alpha value is -1.85. The van der Waals surface area contributed by atoms with Crippen LogP contribution in [0.4, 0.5) is 0 Å². The maximum atomic E-state index is 5.97. The molecule has 0 spiro atoms. The number of nitrogens with one attached hydrogen (secondary N) is 1. The molecule has 0 amide bonds. The summed E-state index contributed by atoms with van der Waals surface area (Å²) >= 11 is 3.45. The molecule has 5 heteroatoms. The first-order chi connectivity index (χ1) is 11.8. The molecule has 3 aromatic rings. The lowest BCUT2D eigenvalue weighted by Gasteiger charge is -2.16. The lowest BCUT2D eigenvalue weighted by Crippen LogP contribution is -3.09. The standard InChI is InChI=1S/C19H20BrN3O/c20-15-7-9-16(10-8-15)24-13-19-21-17-5-1-2-6-18(17)23(19)14-22-11-3-4-12-22/h1-2,5-10H,3-4,11-14H2/p+1. The SMILES string of the molecule is Brc1ccc(OCc2nc3ccccc3n2C[NH+]2CCCC2)cc1. The third-order valence-electron chi connectivity index (χ3n) is 4.61. The molecule has 4 rings (SSSR count). The van der Waals surface area contributed by atoms with Crippen LogP contribution in [0.15, 0.2) is 53.0 Å². The largest absolute Gasteiger partial charge is 0.486 e. The predicted molar refractivity (Wildman–Crippen MR) is 98.1 cm³/mol. The number of aromatic nitrogens is 2. The third-order valence-corrected chi connectivity index (χ3v) is 5.14. The van der Waals surface area contributed by atoms with E-state index in [2.05, 4.69) is 38.7 Å². The molecule has 2 aromatic carbocycles. The fraction of sp³-hybridized carbons (Fsp3) is 0.316. The minimum atomic E-state index is 0.490. The molecule has 1 fully saturated rings. The molecule has 0 aliphatic carbocycles. The Labute approximate surface area is 150 Å². The quantitative estimate of drug-likeness (QED) is 0.730. The molecular formula is C19H21BrN3O+. The lowest BCUT2D eigenvalue weighted by atomic mass is 10.3. The van der Waals surface area contributed by atoms with Crippen LogP contribution in [0.1, 0.15) is 18.7 Å². The summed E-state index contributed by atoms with van der Waals surface area (Å²) in [6.07, 6.45) is 2.65. The van der Waals surface area contributed by atoms with Crippen molar-refractivity contribution < 1.29 is 9.64 Å². The summed E-state index contributed by atoms with van der Waals surface area (Å²) in [5.41, 5.74) is 2.25. The van der Waals surface area contributed by atoms with Gasteiger partial charge in [-0.15, -0.1) is 0 Å². The monoisotopic (exact) mass is 386 g/mol. The van der Waals surface area contributed by atoms with Gasteiger partial charge in [0.1, 0.15) is 12.4 Å². The van der Waals surface area contributed by atoms with Gasteiger partial charge in [0.05, 0.1) is 24.1 Å². The molecular weight excluding hydrogens is 366 g/mol. The number of quaternary nitrogens is 1. The Morgan fingerprint density at radius 1 is 1.04 bits per heavy atom. The smallest absolute Gasteiger partial charge is 0.158 e. The number of halogens is 1. The summed E-state index contributed by atoms with van der Waals surface area (Å²) in [4.78, 5) is 6.43. The zero-order valence-electron chi connectivity index (χ0n) is 13.5. The van der Waals surface area contributed by atoms with Gasteiger partial charge < -0.3 is 9.64 Å². The van der Waals surface area contributed by atoms with E-state index in [1.165, 1.54) is 31.4 Å². The Kier molecular flexibility index (Phi) is 4.54. The first kappa shape index (κ1) is 15.7. The molecule has 0 saturated carbocycles. The average molecular weight is 387 g/mol. The highest BCUT2D eigenvalue weighted by molar-refractivity contribution is 9.10. The predicted octanol–water partition coefficient (Wildman–Crippen LogP) is 3.01. The van der Waals surface area contributed by atoms with Crippen LogP contribution in [-0.2, 0) is 13.3 Å². The normalized spacial score (nSPS) is 15.2. The maximum Gasteiger partial charge on any atom is 0.158 e. The average Bonchev–Trinajstić information content (AvgIpc) is 3.23. The summed E-state index contributed by atoms with van der Waals surface area (Å²) < 4.78 is 9.35. The molecule has 124 valence electrons. The topological polar surface area (TPSA) is 31.5 Å². The summed E-state index contributed by atoms with van der Waals surface area (Å²) in [5, 5.41) is 0. The van der Waals surface area contributed by atoms with E-state index >= 15 is 0 Å². The van der Waals surface area contributed by atoms with Gasteiger partial charge in [-0.1, -0.05) is 28.1 Å². The van der Waals surface area contributed by atoms with E-state index in [1.807, 2.05) is 30.3 Å². The molecule has 1 aliphatic heterocycles. The molecule has 1 aromatic heterocycles. The zero-order valence-corrected chi connectivity index (χ0v) is 15.1. The second kappa shape index (κ2) is 6.95. The maximum absolute atomic E-state index is 5.97. The molecule has 0 atom stereocenters. The van der Waals surface area contributed by atoms with Gasteiger partial charge in [0.25, 0.3) is 0 Å². The summed E-state index contributed by atoms with van der Waals surface area (Å²) in [5.74, 6) is 1.86. The first-order valence-electron chi connectivity index (χ1n) is 8.46. The number of rotatable bonds is 5. The van der Waals surface area contributed by atoms with Crippen LogP contribution in [0.3, 0.4) is 0 Å². The van der Waals surface area contributed by atoms with Crippen LogP contribution in [-0.4, -0.2) is 22.6 Å². The van der Waals surface area contributed by atoms with Crippen molar-refractivity contribution in [2.45, 2.75) is 26.1 Å². The summed E-state index contributed by atoms with van der Waals surface area (Å²) in [6.45, 7) is 3.96. The number of imidazole rings is 1. The van der Waals surface area contributed by atoms with Crippen LogP contribution in [0.25, 0.3) is 11.0 Å². The lowest BCUT2D eigenvalue weighted by molar-refractivity contribution is -0.910. The Balaban J connectivity index is 1.59. The van der Waals surface area contributed by atoms with Crippen molar-refractivity contribution in [3.05, 3.63) is 58.8 Å². The van der Waals surface area contributed by atoms with Gasteiger partial charge in [0.15, 0.2) is 12.5 Å². The number of ether oxygens (including phenoxy) is 1. The van der Waals surface area contributed by atoms with Crippen molar-refractivity contribution >= 4 is 27.0 Å². The minimum absolute atomic E-state index is 0.490. The van der Waals surface area contributed by atoms with Gasteiger partial charge in [-0.3, -0.25) is 4.57 Å². The molecule has 2 heterocycles. The van der Waals surface area contributed by atoms with Gasteiger partial charge >= 0.3 is 0 Å². The molecule has 0 unspecified atom stereocenters. The molecule has 1 saturated heterocycles. The van der Waals surface area contributed by atoms with Crippen LogP contribution in [0, 0.1) is 0 Å². The van der Waals surface area contributed by atoms with Gasteiger partial charge in [0.2, 0.25) is 0 Å². The highest BCUT2D eigenvalue weighted by atomic mass is 79.9. The van der Waals surface area contributed by atoms with E-state index in [0.29, 0.717) is 6.61 Å². The number of hydrogen-bond donors (Lipinski definition) is 1. The number of nitrogens with zero attached hydrogens (tertiary/aromatic N) is 2. The third kappa shape index (κ3) is 3.32. The zero-order chi connectivity index (χ0) is 16.4. The molecule has 4 nitrogen and oxygen atoms in total. The first-order valence-corrected chi connectivity index (χ1v) is 9.25. The van der Waals surface area contributed by atoms with Crippen molar-refractivity contribution in [2.24, 2.45) is 0 Å². The molecule has 0 radical (unpaired) electrons. The number of fused-ring (bicyclic) bond motifs is 1. The molecule has 0 bridgehead atoms. The Bertz CT molecular complexity index is 822.